The molecule has 1 aromatic rings. The van der Waals surface area contributed by atoms with Crippen LogP contribution in [0.2, 0.25) is 0 Å². The molecule has 13 heavy (non-hydrogen) atoms. The van der Waals surface area contributed by atoms with Crippen LogP contribution in [0.4, 0.5) is 10.1 Å². The maximum absolute atomic E-state index is 12.7. The molecule has 0 aliphatic rings. The fourth-order valence-electron chi connectivity index (χ4n) is 0.960. The van der Waals surface area contributed by atoms with E-state index in [2.05, 4.69) is 0 Å². The highest BCUT2D eigenvalue weighted by Gasteiger charge is 2.03. The topological polar surface area (TPSA) is 72.2 Å². The molecule has 0 radical (unpaired) electrons. The third kappa shape index (κ3) is 3.39. The molecule has 72 valence electrons. The maximum atomic E-state index is 12.7. The Hall–Kier alpha value is -1.14. The van der Waals surface area contributed by atoms with Crippen molar-refractivity contribution in [2.24, 2.45) is 5.14 Å². The zero-order chi connectivity index (χ0) is 10.1. The molecule has 4 nitrogen and oxygen atoms in total. The molecule has 1 aromatic carbocycles. The number of hydrogen-bond donors (Lipinski definition) is 2. The summed E-state index contributed by atoms with van der Waals surface area (Å²) in [6.45, 7) is 1.65. The van der Waals surface area contributed by atoms with Crippen LogP contribution in [-0.2, 0) is 10.2 Å². The minimum absolute atomic E-state index is 0.125. The highest BCUT2D eigenvalue weighted by atomic mass is 32.2. The molecule has 0 bridgehead atoms. The van der Waals surface area contributed by atoms with Gasteiger partial charge < -0.3 is 0 Å². The lowest BCUT2D eigenvalue weighted by Gasteiger charge is -2.04. The summed E-state index contributed by atoms with van der Waals surface area (Å²) in [5.41, 5.74) is 0.742. The van der Waals surface area contributed by atoms with Gasteiger partial charge >= 0.3 is 0 Å². The standard InChI is InChI=1S/C7H9FN2O2S/c1-5-2-6(8)4-7(3-5)10-13(9,11)12/h2-4,10H,1H3,(H2,9,11,12). The highest BCUT2D eigenvalue weighted by molar-refractivity contribution is 7.90. The number of rotatable bonds is 2. The normalized spacial score (nSPS) is 11.3. The molecule has 0 saturated heterocycles. The lowest BCUT2D eigenvalue weighted by molar-refractivity contribution is 0.602. The first-order valence-corrected chi connectivity index (χ1v) is 4.99. The van der Waals surface area contributed by atoms with E-state index in [0.29, 0.717) is 5.56 Å². The van der Waals surface area contributed by atoms with Gasteiger partial charge in [0.1, 0.15) is 5.82 Å². The van der Waals surface area contributed by atoms with E-state index >= 15 is 0 Å². The van der Waals surface area contributed by atoms with Crippen molar-refractivity contribution < 1.29 is 12.8 Å². The van der Waals surface area contributed by atoms with E-state index in [1.54, 1.807) is 6.92 Å². The number of halogens is 1. The second kappa shape index (κ2) is 3.31. The van der Waals surface area contributed by atoms with Crippen molar-refractivity contribution in [1.82, 2.24) is 0 Å². The monoisotopic (exact) mass is 204 g/mol. The number of aryl methyl sites for hydroxylation is 1. The Kier molecular flexibility index (Phi) is 2.53. The molecular weight excluding hydrogens is 195 g/mol. The Morgan fingerprint density at radius 1 is 1.38 bits per heavy atom. The molecule has 6 heteroatoms. The predicted octanol–water partition coefficient (Wildman–Crippen LogP) is 0.750. The summed E-state index contributed by atoms with van der Waals surface area (Å²) in [6.07, 6.45) is 0. The van der Waals surface area contributed by atoms with E-state index in [9.17, 15) is 12.8 Å². The van der Waals surface area contributed by atoms with Gasteiger partial charge in [0.2, 0.25) is 0 Å². The van der Waals surface area contributed by atoms with E-state index in [1.807, 2.05) is 4.72 Å². The van der Waals surface area contributed by atoms with E-state index in [1.165, 1.54) is 12.1 Å². The number of hydrogen-bond acceptors (Lipinski definition) is 2. The minimum Gasteiger partial charge on any atom is -0.271 e. The van der Waals surface area contributed by atoms with E-state index < -0.39 is 16.0 Å². The second-order valence-corrected chi connectivity index (χ2v) is 3.96. The summed E-state index contributed by atoms with van der Waals surface area (Å²) in [6, 6.07) is 3.82. The molecule has 3 N–H and O–H groups in total. The largest absolute Gasteiger partial charge is 0.296 e. The molecule has 0 aliphatic carbocycles. The summed E-state index contributed by atoms with van der Waals surface area (Å²) >= 11 is 0. The maximum Gasteiger partial charge on any atom is 0.296 e. The van der Waals surface area contributed by atoms with Gasteiger partial charge in [0.25, 0.3) is 10.2 Å². The molecule has 0 aromatic heterocycles. The molecule has 0 saturated carbocycles. The Bertz CT molecular complexity index is 396. The minimum atomic E-state index is -3.83. The first-order valence-electron chi connectivity index (χ1n) is 3.44. The lowest BCUT2D eigenvalue weighted by atomic mass is 10.2. The summed E-state index contributed by atoms with van der Waals surface area (Å²) < 4.78 is 35.8. The van der Waals surface area contributed by atoms with Crippen molar-refractivity contribution in [2.75, 3.05) is 4.72 Å². The molecule has 0 atom stereocenters. The van der Waals surface area contributed by atoms with Gasteiger partial charge in [0, 0.05) is 0 Å². The van der Waals surface area contributed by atoms with Crippen LogP contribution < -0.4 is 9.86 Å². The first kappa shape index (κ1) is 9.94. The van der Waals surface area contributed by atoms with Crippen molar-refractivity contribution in [1.29, 1.82) is 0 Å². The molecule has 0 fully saturated rings. The van der Waals surface area contributed by atoms with Crippen LogP contribution in [0.1, 0.15) is 5.56 Å². The molecule has 0 amide bonds. The van der Waals surface area contributed by atoms with Gasteiger partial charge in [-0.05, 0) is 30.7 Å². The van der Waals surface area contributed by atoms with E-state index in [-0.39, 0.29) is 5.69 Å². The molecule has 0 unspecified atom stereocenters. The van der Waals surface area contributed by atoms with Gasteiger partial charge in [0.05, 0.1) is 5.69 Å². The number of benzene rings is 1. The zero-order valence-electron chi connectivity index (χ0n) is 6.91. The number of nitrogens with one attached hydrogen (secondary N) is 1. The molecule has 1 rings (SSSR count). The average Bonchev–Trinajstić information content (AvgIpc) is 1.78. The molecule has 0 aliphatic heterocycles. The van der Waals surface area contributed by atoms with Gasteiger partial charge in [-0.3, -0.25) is 4.72 Å². The summed E-state index contributed by atoms with van der Waals surface area (Å²) in [5.74, 6) is -0.508. The quantitative estimate of drug-likeness (QED) is 0.746. The van der Waals surface area contributed by atoms with Crippen LogP contribution in [0.15, 0.2) is 18.2 Å². The molecular formula is C7H9FN2O2S. The van der Waals surface area contributed by atoms with Gasteiger partial charge in [-0.2, -0.15) is 8.42 Å². The summed E-state index contributed by atoms with van der Waals surface area (Å²) in [4.78, 5) is 0. The van der Waals surface area contributed by atoms with E-state index in [4.69, 9.17) is 5.14 Å². The van der Waals surface area contributed by atoms with Crippen LogP contribution in [0, 0.1) is 12.7 Å². The fourth-order valence-corrected chi connectivity index (χ4v) is 1.41. The van der Waals surface area contributed by atoms with Crippen molar-refractivity contribution in [3.8, 4) is 0 Å². The van der Waals surface area contributed by atoms with Gasteiger partial charge in [-0.25, -0.2) is 9.53 Å². The fraction of sp³-hybridized carbons (Fsp3) is 0.143. The van der Waals surface area contributed by atoms with Gasteiger partial charge in [0.15, 0.2) is 0 Å². The number of anilines is 1. The predicted molar refractivity (Wildman–Crippen MR) is 47.9 cm³/mol. The Labute approximate surface area is 75.7 Å². The third-order valence-electron chi connectivity index (χ3n) is 1.30. The van der Waals surface area contributed by atoms with Crippen LogP contribution in [0.3, 0.4) is 0 Å². The van der Waals surface area contributed by atoms with Crippen LogP contribution in [0.25, 0.3) is 0 Å². The van der Waals surface area contributed by atoms with Crippen LogP contribution in [0.5, 0.6) is 0 Å². The smallest absolute Gasteiger partial charge is 0.271 e. The molecule has 0 heterocycles. The Morgan fingerprint density at radius 3 is 2.46 bits per heavy atom. The van der Waals surface area contributed by atoms with Crippen molar-refractivity contribution in [2.45, 2.75) is 6.92 Å². The summed E-state index contributed by atoms with van der Waals surface area (Å²) in [5, 5.41) is 4.71. The van der Waals surface area contributed by atoms with E-state index in [0.717, 1.165) is 6.07 Å². The SMILES string of the molecule is Cc1cc(F)cc(NS(N)(=O)=O)c1. The zero-order valence-corrected chi connectivity index (χ0v) is 7.73. The lowest BCUT2D eigenvalue weighted by Crippen LogP contribution is -2.21. The Morgan fingerprint density at radius 2 is 2.00 bits per heavy atom. The van der Waals surface area contributed by atoms with Gasteiger partial charge in [-0.15, -0.1) is 0 Å². The second-order valence-electron chi connectivity index (χ2n) is 2.66. The van der Waals surface area contributed by atoms with Crippen molar-refractivity contribution in [3.05, 3.63) is 29.6 Å². The number of nitrogens with two attached hydrogens (primary N) is 1. The summed E-state index contributed by atoms with van der Waals surface area (Å²) in [7, 11) is -3.83. The van der Waals surface area contributed by atoms with Crippen LogP contribution >= 0.6 is 0 Å². The third-order valence-corrected chi connectivity index (χ3v) is 1.82. The van der Waals surface area contributed by atoms with Crippen LogP contribution in [-0.4, -0.2) is 8.42 Å². The van der Waals surface area contributed by atoms with Crippen molar-refractivity contribution in [3.63, 3.8) is 0 Å². The Balaban J connectivity index is 3.03. The average molecular weight is 204 g/mol. The highest BCUT2D eigenvalue weighted by Crippen LogP contribution is 2.13. The van der Waals surface area contributed by atoms with Gasteiger partial charge in [-0.1, -0.05) is 0 Å². The first-order chi connectivity index (χ1) is 5.87. The molecule has 0 spiro atoms. The van der Waals surface area contributed by atoms with Crippen molar-refractivity contribution >= 4 is 15.9 Å².